The standard InChI is InChI=1S/C16H24N4O/c1-5-20-16(13(4)18-19-20)11-17-12(3)14-8-7-9-15(10-14)21-6-2/h7-10,12,17H,5-6,11H2,1-4H3. The molecule has 0 aliphatic heterocycles. The van der Waals surface area contributed by atoms with E-state index in [9.17, 15) is 0 Å². The summed E-state index contributed by atoms with van der Waals surface area (Å²) >= 11 is 0. The van der Waals surface area contributed by atoms with Crippen molar-refractivity contribution in [2.24, 2.45) is 0 Å². The summed E-state index contributed by atoms with van der Waals surface area (Å²) in [6, 6.07) is 8.46. The van der Waals surface area contributed by atoms with Gasteiger partial charge in [-0.1, -0.05) is 17.3 Å². The molecule has 0 aliphatic rings. The molecule has 2 aromatic rings. The van der Waals surface area contributed by atoms with E-state index in [-0.39, 0.29) is 6.04 Å². The lowest BCUT2D eigenvalue weighted by atomic mass is 10.1. The Bertz CT molecular complexity index is 579. The molecule has 0 fully saturated rings. The number of nitrogens with zero attached hydrogens (tertiary/aromatic N) is 3. The van der Waals surface area contributed by atoms with E-state index in [2.05, 4.69) is 41.6 Å². The Hall–Kier alpha value is -1.88. The van der Waals surface area contributed by atoms with Crippen molar-refractivity contribution in [2.75, 3.05) is 6.61 Å². The zero-order chi connectivity index (χ0) is 15.2. The van der Waals surface area contributed by atoms with Gasteiger partial charge in [-0.15, -0.1) is 5.10 Å². The molecule has 0 radical (unpaired) electrons. The van der Waals surface area contributed by atoms with Crippen LogP contribution in [-0.4, -0.2) is 21.6 Å². The Labute approximate surface area is 126 Å². The summed E-state index contributed by atoms with van der Waals surface area (Å²) in [5.41, 5.74) is 3.35. The van der Waals surface area contributed by atoms with Crippen molar-refractivity contribution < 1.29 is 4.74 Å². The van der Waals surface area contributed by atoms with E-state index >= 15 is 0 Å². The van der Waals surface area contributed by atoms with Crippen LogP contribution in [0.3, 0.4) is 0 Å². The van der Waals surface area contributed by atoms with Crippen LogP contribution < -0.4 is 10.1 Å². The first-order valence-electron chi connectivity index (χ1n) is 7.50. The van der Waals surface area contributed by atoms with Crippen molar-refractivity contribution in [3.05, 3.63) is 41.2 Å². The van der Waals surface area contributed by atoms with E-state index in [4.69, 9.17) is 4.74 Å². The fourth-order valence-electron chi connectivity index (χ4n) is 2.30. The molecule has 0 spiro atoms. The van der Waals surface area contributed by atoms with Gasteiger partial charge < -0.3 is 10.1 Å². The molecule has 0 saturated carbocycles. The van der Waals surface area contributed by atoms with Crippen molar-refractivity contribution in [3.8, 4) is 5.75 Å². The highest BCUT2D eigenvalue weighted by Crippen LogP contribution is 2.19. The molecule has 5 nitrogen and oxygen atoms in total. The molecule has 1 N–H and O–H groups in total. The zero-order valence-electron chi connectivity index (χ0n) is 13.3. The number of nitrogens with one attached hydrogen (secondary N) is 1. The molecule has 1 heterocycles. The van der Waals surface area contributed by atoms with Crippen LogP contribution in [0.2, 0.25) is 0 Å². The largest absolute Gasteiger partial charge is 0.494 e. The first-order chi connectivity index (χ1) is 10.2. The second-order valence-electron chi connectivity index (χ2n) is 5.05. The molecule has 0 aliphatic carbocycles. The van der Waals surface area contributed by atoms with Crippen LogP contribution in [0.1, 0.15) is 43.8 Å². The molecule has 2 rings (SSSR count). The third-order valence-corrected chi connectivity index (χ3v) is 3.58. The monoisotopic (exact) mass is 288 g/mol. The maximum Gasteiger partial charge on any atom is 0.119 e. The number of benzene rings is 1. The minimum absolute atomic E-state index is 0.241. The van der Waals surface area contributed by atoms with Crippen molar-refractivity contribution in [1.29, 1.82) is 0 Å². The fraction of sp³-hybridized carbons (Fsp3) is 0.500. The lowest BCUT2D eigenvalue weighted by Gasteiger charge is -2.16. The third-order valence-electron chi connectivity index (χ3n) is 3.58. The highest BCUT2D eigenvalue weighted by molar-refractivity contribution is 5.30. The predicted molar refractivity (Wildman–Crippen MR) is 83.3 cm³/mol. The second kappa shape index (κ2) is 7.22. The topological polar surface area (TPSA) is 52.0 Å². The second-order valence-corrected chi connectivity index (χ2v) is 5.05. The molecule has 1 unspecified atom stereocenters. The average Bonchev–Trinajstić information content (AvgIpc) is 2.85. The normalized spacial score (nSPS) is 12.4. The van der Waals surface area contributed by atoms with E-state index in [1.807, 2.05) is 30.7 Å². The van der Waals surface area contributed by atoms with Gasteiger partial charge in [-0.05, 0) is 45.4 Å². The van der Waals surface area contributed by atoms with Crippen LogP contribution in [-0.2, 0) is 13.1 Å². The lowest BCUT2D eigenvalue weighted by Crippen LogP contribution is -2.21. The molecule has 5 heteroatoms. The van der Waals surface area contributed by atoms with Gasteiger partial charge in [-0.25, -0.2) is 4.68 Å². The van der Waals surface area contributed by atoms with Gasteiger partial charge in [-0.3, -0.25) is 0 Å². The molecule has 1 atom stereocenters. The highest BCUT2D eigenvalue weighted by Gasteiger charge is 2.11. The number of aromatic nitrogens is 3. The van der Waals surface area contributed by atoms with E-state index in [1.165, 1.54) is 5.56 Å². The van der Waals surface area contributed by atoms with E-state index in [1.54, 1.807) is 0 Å². The number of aryl methyl sites for hydroxylation is 2. The zero-order valence-corrected chi connectivity index (χ0v) is 13.3. The molecule has 1 aromatic carbocycles. The number of ether oxygens (including phenoxy) is 1. The van der Waals surface area contributed by atoms with Gasteiger partial charge >= 0.3 is 0 Å². The van der Waals surface area contributed by atoms with E-state index in [0.717, 1.165) is 30.2 Å². The molecule has 0 bridgehead atoms. The maximum absolute atomic E-state index is 5.55. The molecule has 114 valence electrons. The first-order valence-corrected chi connectivity index (χ1v) is 7.50. The fourth-order valence-corrected chi connectivity index (χ4v) is 2.30. The quantitative estimate of drug-likeness (QED) is 0.851. The van der Waals surface area contributed by atoms with Crippen LogP contribution in [0.25, 0.3) is 0 Å². The number of hydrogen-bond donors (Lipinski definition) is 1. The molecule has 0 amide bonds. The first kappa shape index (κ1) is 15.5. The molecule has 1 aromatic heterocycles. The number of hydrogen-bond acceptors (Lipinski definition) is 4. The Kier molecular flexibility index (Phi) is 5.33. The molecular weight excluding hydrogens is 264 g/mol. The summed E-state index contributed by atoms with van der Waals surface area (Å²) in [4.78, 5) is 0. The van der Waals surface area contributed by atoms with Gasteiger partial charge in [0, 0.05) is 19.1 Å². The highest BCUT2D eigenvalue weighted by atomic mass is 16.5. The predicted octanol–water partition coefficient (Wildman–Crippen LogP) is 2.86. The molecule has 0 saturated heterocycles. The van der Waals surface area contributed by atoms with Gasteiger partial charge in [0.25, 0.3) is 0 Å². The van der Waals surface area contributed by atoms with Crippen molar-refractivity contribution in [3.63, 3.8) is 0 Å². The van der Waals surface area contributed by atoms with Gasteiger partial charge in [-0.2, -0.15) is 0 Å². The van der Waals surface area contributed by atoms with Crippen molar-refractivity contribution in [1.82, 2.24) is 20.3 Å². The van der Waals surface area contributed by atoms with Crippen molar-refractivity contribution in [2.45, 2.75) is 46.8 Å². The van der Waals surface area contributed by atoms with E-state index in [0.29, 0.717) is 6.61 Å². The summed E-state index contributed by atoms with van der Waals surface area (Å²) < 4.78 is 7.49. The SMILES string of the molecule is CCOc1cccc(C(C)NCc2c(C)nnn2CC)c1. The lowest BCUT2D eigenvalue weighted by molar-refractivity contribution is 0.339. The minimum Gasteiger partial charge on any atom is -0.494 e. The van der Waals surface area contributed by atoms with E-state index < -0.39 is 0 Å². The Morgan fingerprint density at radius 3 is 2.86 bits per heavy atom. The summed E-state index contributed by atoms with van der Waals surface area (Å²) in [5.74, 6) is 0.917. The third kappa shape index (κ3) is 3.82. The summed E-state index contributed by atoms with van der Waals surface area (Å²) in [7, 11) is 0. The van der Waals surface area contributed by atoms with Gasteiger partial charge in [0.2, 0.25) is 0 Å². The average molecular weight is 288 g/mol. The van der Waals surface area contributed by atoms with Crippen LogP contribution in [0.15, 0.2) is 24.3 Å². The Morgan fingerprint density at radius 2 is 2.14 bits per heavy atom. The van der Waals surface area contributed by atoms with Crippen LogP contribution in [0.5, 0.6) is 5.75 Å². The summed E-state index contributed by atoms with van der Waals surface area (Å²) in [6.45, 7) is 10.5. The Balaban J connectivity index is 2.02. The van der Waals surface area contributed by atoms with Crippen LogP contribution in [0.4, 0.5) is 0 Å². The van der Waals surface area contributed by atoms with Gasteiger partial charge in [0.05, 0.1) is 18.0 Å². The number of rotatable bonds is 7. The van der Waals surface area contributed by atoms with Crippen LogP contribution in [0, 0.1) is 6.92 Å². The van der Waals surface area contributed by atoms with Crippen LogP contribution >= 0.6 is 0 Å². The van der Waals surface area contributed by atoms with Crippen molar-refractivity contribution >= 4 is 0 Å². The molecule has 21 heavy (non-hydrogen) atoms. The smallest absolute Gasteiger partial charge is 0.119 e. The summed E-state index contributed by atoms with van der Waals surface area (Å²) in [5, 5.41) is 11.8. The summed E-state index contributed by atoms with van der Waals surface area (Å²) in [6.07, 6.45) is 0. The molecular formula is C16H24N4O. The Morgan fingerprint density at radius 1 is 1.33 bits per heavy atom. The maximum atomic E-state index is 5.55. The van der Waals surface area contributed by atoms with Gasteiger partial charge in [0.15, 0.2) is 0 Å². The minimum atomic E-state index is 0.241. The van der Waals surface area contributed by atoms with Gasteiger partial charge in [0.1, 0.15) is 5.75 Å².